The third-order valence-electron chi connectivity index (χ3n) is 3.14. The largest absolute Gasteiger partial charge is 0.317 e. The molecule has 0 fully saturated rings. The van der Waals surface area contributed by atoms with E-state index in [2.05, 4.69) is 35.1 Å². The Hall–Kier alpha value is -0.410. The van der Waals surface area contributed by atoms with E-state index in [1.54, 1.807) is 6.07 Å². The van der Waals surface area contributed by atoms with Crippen LogP contribution in [0.2, 0.25) is 0 Å². The van der Waals surface area contributed by atoms with E-state index in [0.29, 0.717) is 12.0 Å². The highest BCUT2D eigenvalue weighted by Crippen LogP contribution is 2.18. The lowest BCUT2D eigenvalue weighted by Crippen LogP contribution is -2.30. The molecule has 17 heavy (non-hydrogen) atoms. The molecule has 0 saturated carbocycles. The van der Waals surface area contributed by atoms with Gasteiger partial charge in [-0.15, -0.1) is 0 Å². The summed E-state index contributed by atoms with van der Waals surface area (Å²) in [6, 6.07) is 5.66. The predicted molar refractivity (Wildman–Crippen MR) is 74.7 cm³/mol. The average molecular weight is 302 g/mol. The number of halogens is 2. The van der Waals surface area contributed by atoms with Crippen LogP contribution >= 0.6 is 15.9 Å². The molecule has 0 spiro atoms. The summed E-state index contributed by atoms with van der Waals surface area (Å²) in [6.45, 7) is 4.42. The standard InChI is InChI=1S/C14H21BrFN/c1-10(2)14(17-3)6-4-5-11-9-12(15)7-8-13(11)16/h7-10,14,17H,4-6H2,1-3H3. The molecule has 0 heterocycles. The molecule has 1 aromatic rings. The molecule has 1 aromatic carbocycles. The minimum absolute atomic E-state index is 0.0984. The van der Waals surface area contributed by atoms with Gasteiger partial charge in [-0.2, -0.15) is 0 Å². The van der Waals surface area contributed by atoms with Crippen molar-refractivity contribution in [2.45, 2.75) is 39.2 Å². The first-order chi connectivity index (χ1) is 8.04. The first-order valence-electron chi connectivity index (χ1n) is 6.15. The zero-order chi connectivity index (χ0) is 12.8. The molecule has 0 aliphatic heterocycles. The van der Waals surface area contributed by atoms with Gasteiger partial charge in [0.2, 0.25) is 0 Å². The maximum atomic E-state index is 13.5. The van der Waals surface area contributed by atoms with Crippen molar-refractivity contribution in [1.82, 2.24) is 5.32 Å². The van der Waals surface area contributed by atoms with E-state index in [1.165, 1.54) is 6.07 Å². The fourth-order valence-corrected chi connectivity index (χ4v) is 2.47. The van der Waals surface area contributed by atoms with E-state index in [1.807, 2.05) is 13.1 Å². The molecule has 1 unspecified atom stereocenters. The van der Waals surface area contributed by atoms with Crippen LogP contribution in [0.3, 0.4) is 0 Å². The minimum atomic E-state index is -0.0984. The summed E-state index contributed by atoms with van der Waals surface area (Å²) < 4.78 is 14.4. The summed E-state index contributed by atoms with van der Waals surface area (Å²) in [5.74, 6) is 0.520. The van der Waals surface area contributed by atoms with Crippen LogP contribution in [-0.4, -0.2) is 13.1 Å². The third-order valence-corrected chi connectivity index (χ3v) is 3.64. The number of hydrogen-bond acceptors (Lipinski definition) is 1. The molecule has 1 nitrogen and oxygen atoms in total. The molecule has 0 saturated heterocycles. The van der Waals surface area contributed by atoms with Crippen LogP contribution in [0.4, 0.5) is 4.39 Å². The summed E-state index contributed by atoms with van der Waals surface area (Å²) in [6.07, 6.45) is 2.90. The van der Waals surface area contributed by atoms with E-state index in [9.17, 15) is 4.39 Å². The predicted octanol–water partition coefficient (Wildman–Crippen LogP) is 4.15. The minimum Gasteiger partial charge on any atom is -0.317 e. The zero-order valence-corrected chi connectivity index (χ0v) is 12.3. The molecule has 0 aliphatic carbocycles. The number of aryl methyl sites for hydroxylation is 1. The summed E-state index contributed by atoms with van der Waals surface area (Å²) in [7, 11) is 1.99. The Morgan fingerprint density at radius 1 is 1.35 bits per heavy atom. The second-order valence-electron chi connectivity index (χ2n) is 4.77. The molecule has 0 aliphatic rings. The number of rotatable bonds is 6. The summed E-state index contributed by atoms with van der Waals surface area (Å²) in [5, 5.41) is 3.31. The van der Waals surface area contributed by atoms with E-state index in [4.69, 9.17) is 0 Å². The monoisotopic (exact) mass is 301 g/mol. The van der Waals surface area contributed by atoms with Crippen molar-refractivity contribution in [2.75, 3.05) is 7.05 Å². The summed E-state index contributed by atoms with van der Waals surface area (Å²) in [4.78, 5) is 0. The van der Waals surface area contributed by atoms with Gasteiger partial charge in [-0.3, -0.25) is 0 Å². The van der Waals surface area contributed by atoms with Gasteiger partial charge in [-0.1, -0.05) is 29.8 Å². The quantitative estimate of drug-likeness (QED) is 0.832. The summed E-state index contributed by atoms with van der Waals surface area (Å²) in [5.41, 5.74) is 0.804. The number of hydrogen-bond donors (Lipinski definition) is 1. The SMILES string of the molecule is CNC(CCCc1cc(Br)ccc1F)C(C)C. The van der Waals surface area contributed by atoms with Gasteiger partial charge in [0.05, 0.1) is 0 Å². The van der Waals surface area contributed by atoms with Gasteiger partial charge < -0.3 is 5.32 Å². The van der Waals surface area contributed by atoms with Crippen LogP contribution in [-0.2, 0) is 6.42 Å². The van der Waals surface area contributed by atoms with Crippen molar-refractivity contribution in [3.05, 3.63) is 34.1 Å². The van der Waals surface area contributed by atoms with Gasteiger partial charge in [-0.05, 0) is 56.0 Å². The van der Waals surface area contributed by atoms with Crippen molar-refractivity contribution < 1.29 is 4.39 Å². The van der Waals surface area contributed by atoms with Gasteiger partial charge in [0.25, 0.3) is 0 Å². The lowest BCUT2D eigenvalue weighted by molar-refractivity contribution is 0.392. The Bertz CT molecular complexity index is 352. The Kier molecular flexibility index (Phi) is 6.14. The van der Waals surface area contributed by atoms with Gasteiger partial charge in [-0.25, -0.2) is 4.39 Å². The maximum absolute atomic E-state index is 13.5. The second kappa shape index (κ2) is 7.12. The van der Waals surface area contributed by atoms with Gasteiger partial charge in [0.1, 0.15) is 5.82 Å². The van der Waals surface area contributed by atoms with Crippen LogP contribution < -0.4 is 5.32 Å². The van der Waals surface area contributed by atoms with Crippen molar-refractivity contribution in [3.8, 4) is 0 Å². The van der Waals surface area contributed by atoms with E-state index in [0.717, 1.165) is 29.3 Å². The fraction of sp³-hybridized carbons (Fsp3) is 0.571. The first-order valence-corrected chi connectivity index (χ1v) is 6.95. The molecule has 0 amide bonds. The highest BCUT2D eigenvalue weighted by atomic mass is 79.9. The van der Waals surface area contributed by atoms with E-state index >= 15 is 0 Å². The van der Waals surface area contributed by atoms with Gasteiger partial charge in [0, 0.05) is 10.5 Å². The van der Waals surface area contributed by atoms with Gasteiger partial charge >= 0.3 is 0 Å². The van der Waals surface area contributed by atoms with Crippen molar-refractivity contribution in [3.63, 3.8) is 0 Å². The zero-order valence-electron chi connectivity index (χ0n) is 10.8. The Morgan fingerprint density at radius 3 is 2.65 bits per heavy atom. The fourth-order valence-electron chi connectivity index (χ4n) is 2.06. The third kappa shape index (κ3) is 4.76. The number of benzene rings is 1. The number of nitrogens with one attached hydrogen (secondary N) is 1. The molecule has 0 bridgehead atoms. The first kappa shape index (κ1) is 14.7. The van der Waals surface area contributed by atoms with Gasteiger partial charge in [0.15, 0.2) is 0 Å². The van der Waals surface area contributed by atoms with Crippen LogP contribution in [0.25, 0.3) is 0 Å². The highest BCUT2D eigenvalue weighted by Gasteiger charge is 2.11. The lowest BCUT2D eigenvalue weighted by Gasteiger charge is -2.19. The Labute approximate surface area is 112 Å². The molecule has 1 rings (SSSR count). The average Bonchev–Trinajstić information content (AvgIpc) is 2.28. The second-order valence-corrected chi connectivity index (χ2v) is 5.68. The molecule has 3 heteroatoms. The van der Waals surface area contributed by atoms with Crippen molar-refractivity contribution >= 4 is 15.9 Å². The molecule has 0 aromatic heterocycles. The normalized spacial score (nSPS) is 13.1. The lowest BCUT2D eigenvalue weighted by atomic mass is 9.97. The molecular formula is C14H21BrFN. The Balaban J connectivity index is 2.47. The van der Waals surface area contributed by atoms with Crippen LogP contribution in [0.1, 0.15) is 32.3 Å². The highest BCUT2D eigenvalue weighted by molar-refractivity contribution is 9.10. The van der Waals surface area contributed by atoms with E-state index in [-0.39, 0.29) is 5.82 Å². The molecule has 96 valence electrons. The topological polar surface area (TPSA) is 12.0 Å². The molecule has 1 N–H and O–H groups in total. The summed E-state index contributed by atoms with van der Waals surface area (Å²) >= 11 is 3.38. The van der Waals surface area contributed by atoms with Crippen molar-refractivity contribution in [2.24, 2.45) is 5.92 Å². The Morgan fingerprint density at radius 2 is 2.06 bits per heavy atom. The molecule has 0 radical (unpaired) electrons. The van der Waals surface area contributed by atoms with Crippen LogP contribution in [0.15, 0.2) is 22.7 Å². The van der Waals surface area contributed by atoms with Crippen LogP contribution in [0.5, 0.6) is 0 Å². The van der Waals surface area contributed by atoms with Crippen LogP contribution in [0, 0.1) is 11.7 Å². The van der Waals surface area contributed by atoms with Crippen molar-refractivity contribution in [1.29, 1.82) is 0 Å². The smallest absolute Gasteiger partial charge is 0.126 e. The molecular weight excluding hydrogens is 281 g/mol. The molecule has 1 atom stereocenters. The van der Waals surface area contributed by atoms with E-state index < -0.39 is 0 Å². The maximum Gasteiger partial charge on any atom is 0.126 e.